The number of aromatic amines is 1. The smallest absolute Gasteiger partial charge is 0.291 e. The molecule has 0 saturated carbocycles. The number of carbonyl (C=O) groups is 1. The number of nitrogens with one attached hydrogen (secondary N) is 2. The Morgan fingerprint density at radius 2 is 2.24 bits per heavy atom. The van der Waals surface area contributed by atoms with Crippen molar-refractivity contribution in [1.29, 1.82) is 0 Å². The zero-order chi connectivity index (χ0) is 14.8. The number of carbonyl (C=O) groups excluding carboxylic acids is 1. The van der Waals surface area contributed by atoms with E-state index in [4.69, 9.17) is 0 Å². The lowest BCUT2D eigenvalue weighted by molar-refractivity contribution is 0.0924. The zero-order valence-corrected chi connectivity index (χ0v) is 12.9. The SMILES string of the molecule is CC(C)c1nc(C(=O)NC2CCSc3ccccc32)n[nH]1. The van der Waals surface area contributed by atoms with Gasteiger partial charge in [-0.25, -0.2) is 4.98 Å². The van der Waals surface area contributed by atoms with Crippen LogP contribution in [0, 0.1) is 0 Å². The third-order valence-electron chi connectivity index (χ3n) is 3.52. The molecule has 21 heavy (non-hydrogen) atoms. The molecule has 2 aromatic rings. The number of aromatic nitrogens is 3. The highest BCUT2D eigenvalue weighted by atomic mass is 32.2. The van der Waals surface area contributed by atoms with Gasteiger partial charge in [-0.05, 0) is 18.1 Å². The first-order valence-corrected chi connectivity index (χ1v) is 8.08. The molecule has 1 aromatic carbocycles. The number of rotatable bonds is 3. The van der Waals surface area contributed by atoms with Gasteiger partial charge in [-0.3, -0.25) is 9.89 Å². The van der Waals surface area contributed by atoms with Gasteiger partial charge in [-0.2, -0.15) is 0 Å². The maximum absolute atomic E-state index is 12.3. The Morgan fingerprint density at radius 3 is 3.00 bits per heavy atom. The summed E-state index contributed by atoms with van der Waals surface area (Å²) in [5, 5.41) is 9.87. The molecule has 1 unspecified atom stereocenters. The molecule has 1 atom stereocenters. The second-order valence-corrected chi connectivity index (χ2v) is 6.54. The summed E-state index contributed by atoms with van der Waals surface area (Å²) in [6.45, 7) is 4.02. The van der Waals surface area contributed by atoms with Gasteiger partial charge in [-0.15, -0.1) is 16.9 Å². The quantitative estimate of drug-likeness (QED) is 0.914. The van der Waals surface area contributed by atoms with Crippen LogP contribution in [0.4, 0.5) is 0 Å². The Kier molecular flexibility index (Phi) is 3.96. The summed E-state index contributed by atoms with van der Waals surface area (Å²) in [6, 6.07) is 8.25. The molecule has 1 amide bonds. The van der Waals surface area contributed by atoms with Crippen molar-refractivity contribution in [3.8, 4) is 0 Å². The number of nitrogens with zero attached hydrogens (tertiary/aromatic N) is 2. The first kappa shape index (κ1) is 14.1. The van der Waals surface area contributed by atoms with Crippen LogP contribution in [0.25, 0.3) is 0 Å². The molecule has 0 saturated heterocycles. The molecule has 110 valence electrons. The van der Waals surface area contributed by atoms with Crippen molar-refractivity contribution < 1.29 is 4.79 Å². The van der Waals surface area contributed by atoms with E-state index < -0.39 is 0 Å². The van der Waals surface area contributed by atoms with Crippen LogP contribution in [0.3, 0.4) is 0 Å². The molecule has 0 radical (unpaired) electrons. The molecule has 0 fully saturated rings. The number of amides is 1. The second-order valence-electron chi connectivity index (χ2n) is 5.40. The fourth-order valence-electron chi connectivity index (χ4n) is 2.35. The summed E-state index contributed by atoms with van der Waals surface area (Å²) >= 11 is 1.83. The van der Waals surface area contributed by atoms with Crippen LogP contribution < -0.4 is 5.32 Å². The molecule has 6 heteroatoms. The molecule has 0 spiro atoms. The molecule has 1 aliphatic heterocycles. The van der Waals surface area contributed by atoms with Crippen LogP contribution in [0.2, 0.25) is 0 Å². The van der Waals surface area contributed by atoms with Gasteiger partial charge in [0.15, 0.2) is 0 Å². The minimum atomic E-state index is -0.218. The van der Waals surface area contributed by atoms with Gasteiger partial charge >= 0.3 is 0 Å². The minimum absolute atomic E-state index is 0.0379. The number of benzene rings is 1. The van der Waals surface area contributed by atoms with Gasteiger partial charge < -0.3 is 5.32 Å². The summed E-state index contributed by atoms with van der Waals surface area (Å²) in [5.74, 6) is 1.97. The summed E-state index contributed by atoms with van der Waals surface area (Å²) < 4.78 is 0. The Bertz CT molecular complexity index is 653. The molecule has 1 aromatic heterocycles. The lowest BCUT2D eigenvalue weighted by Crippen LogP contribution is -2.31. The van der Waals surface area contributed by atoms with E-state index in [1.54, 1.807) is 0 Å². The summed E-state index contributed by atoms with van der Waals surface area (Å²) in [6.07, 6.45) is 0.925. The molecule has 5 nitrogen and oxygen atoms in total. The Balaban J connectivity index is 1.76. The zero-order valence-electron chi connectivity index (χ0n) is 12.1. The van der Waals surface area contributed by atoms with Crippen LogP contribution >= 0.6 is 11.8 Å². The summed E-state index contributed by atoms with van der Waals surface area (Å²) in [4.78, 5) is 17.8. The van der Waals surface area contributed by atoms with Crippen LogP contribution in [-0.4, -0.2) is 26.8 Å². The summed E-state index contributed by atoms with van der Waals surface area (Å²) in [7, 11) is 0. The topological polar surface area (TPSA) is 70.7 Å². The number of hydrogen-bond acceptors (Lipinski definition) is 4. The fourth-order valence-corrected chi connectivity index (χ4v) is 3.47. The van der Waals surface area contributed by atoms with Gasteiger partial charge in [-0.1, -0.05) is 32.0 Å². The molecule has 0 bridgehead atoms. The van der Waals surface area contributed by atoms with E-state index in [1.807, 2.05) is 37.7 Å². The standard InChI is InChI=1S/C15H18N4OS/c1-9(2)13-17-14(19-18-13)15(20)16-11-7-8-21-12-6-4-3-5-10(11)12/h3-6,9,11H,7-8H2,1-2H3,(H,16,20)(H,17,18,19). The normalized spacial score (nSPS) is 17.6. The van der Waals surface area contributed by atoms with Gasteiger partial charge in [0.05, 0.1) is 6.04 Å². The average Bonchev–Trinajstić information content (AvgIpc) is 2.98. The molecular formula is C15H18N4OS. The van der Waals surface area contributed by atoms with Crippen molar-refractivity contribution in [2.45, 2.75) is 37.1 Å². The van der Waals surface area contributed by atoms with Crippen LogP contribution in [-0.2, 0) is 0 Å². The number of fused-ring (bicyclic) bond motifs is 1. The largest absolute Gasteiger partial charge is 0.342 e. The molecule has 1 aliphatic rings. The molecular weight excluding hydrogens is 284 g/mol. The monoisotopic (exact) mass is 302 g/mol. The van der Waals surface area contributed by atoms with Crippen molar-refractivity contribution in [1.82, 2.24) is 20.5 Å². The van der Waals surface area contributed by atoms with E-state index in [0.717, 1.165) is 18.0 Å². The van der Waals surface area contributed by atoms with Gasteiger partial charge in [0.2, 0.25) is 5.82 Å². The van der Waals surface area contributed by atoms with E-state index in [-0.39, 0.29) is 23.7 Å². The molecule has 2 N–H and O–H groups in total. The van der Waals surface area contributed by atoms with E-state index >= 15 is 0 Å². The first-order valence-electron chi connectivity index (χ1n) is 7.10. The molecule has 3 rings (SSSR count). The lowest BCUT2D eigenvalue weighted by Gasteiger charge is -2.25. The van der Waals surface area contributed by atoms with Crippen molar-refractivity contribution >= 4 is 17.7 Å². The first-order chi connectivity index (χ1) is 10.1. The second kappa shape index (κ2) is 5.89. The minimum Gasteiger partial charge on any atom is -0.342 e. The Labute approximate surface area is 127 Å². The van der Waals surface area contributed by atoms with E-state index in [2.05, 4.69) is 32.6 Å². The van der Waals surface area contributed by atoms with E-state index in [1.165, 1.54) is 10.5 Å². The number of H-pyrrole nitrogens is 1. The van der Waals surface area contributed by atoms with Gasteiger partial charge in [0, 0.05) is 16.6 Å². The Hall–Kier alpha value is -1.82. The van der Waals surface area contributed by atoms with Crippen molar-refractivity contribution in [2.24, 2.45) is 0 Å². The molecule has 0 aliphatic carbocycles. The third-order valence-corrected chi connectivity index (χ3v) is 4.64. The number of hydrogen-bond donors (Lipinski definition) is 2. The van der Waals surface area contributed by atoms with Crippen molar-refractivity contribution in [3.63, 3.8) is 0 Å². The summed E-state index contributed by atoms with van der Waals surface area (Å²) in [5.41, 5.74) is 1.18. The van der Waals surface area contributed by atoms with Crippen LogP contribution in [0.15, 0.2) is 29.2 Å². The van der Waals surface area contributed by atoms with Gasteiger partial charge in [0.1, 0.15) is 5.82 Å². The van der Waals surface area contributed by atoms with Crippen LogP contribution in [0.5, 0.6) is 0 Å². The fraction of sp³-hybridized carbons (Fsp3) is 0.400. The molecule has 2 heterocycles. The third kappa shape index (κ3) is 2.95. The maximum Gasteiger partial charge on any atom is 0.291 e. The average molecular weight is 302 g/mol. The highest BCUT2D eigenvalue weighted by molar-refractivity contribution is 7.99. The number of thioether (sulfide) groups is 1. The predicted octanol–water partition coefficient (Wildman–Crippen LogP) is 2.90. The van der Waals surface area contributed by atoms with Crippen molar-refractivity contribution in [3.05, 3.63) is 41.5 Å². The van der Waals surface area contributed by atoms with Crippen LogP contribution in [0.1, 0.15) is 54.2 Å². The Morgan fingerprint density at radius 1 is 1.43 bits per heavy atom. The van der Waals surface area contributed by atoms with E-state index in [0.29, 0.717) is 0 Å². The van der Waals surface area contributed by atoms with E-state index in [9.17, 15) is 4.79 Å². The predicted molar refractivity (Wildman–Crippen MR) is 82.5 cm³/mol. The highest BCUT2D eigenvalue weighted by Crippen LogP contribution is 2.35. The lowest BCUT2D eigenvalue weighted by atomic mass is 10.0. The van der Waals surface area contributed by atoms with Crippen molar-refractivity contribution in [2.75, 3.05) is 5.75 Å². The maximum atomic E-state index is 12.3. The highest BCUT2D eigenvalue weighted by Gasteiger charge is 2.24. The van der Waals surface area contributed by atoms with Gasteiger partial charge in [0.25, 0.3) is 5.91 Å².